The molecule has 0 amide bonds. The third kappa shape index (κ3) is 6.58. The molecule has 0 aliphatic carbocycles. The summed E-state index contributed by atoms with van der Waals surface area (Å²) < 4.78 is 11.5. The van der Waals surface area contributed by atoms with Crippen molar-refractivity contribution in [3.8, 4) is 11.5 Å². The Balaban J connectivity index is 2.01. The summed E-state index contributed by atoms with van der Waals surface area (Å²) in [5, 5.41) is 10.4. The third-order valence-electron chi connectivity index (χ3n) is 5.42. The van der Waals surface area contributed by atoms with Gasteiger partial charge < -0.3 is 25.2 Å². The Morgan fingerprint density at radius 2 is 2.00 bits per heavy atom. The maximum Gasteiger partial charge on any atom is 0.184 e. The lowest BCUT2D eigenvalue weighted by Gasteiger charge is -2.36. The number of ether oxygens (including phenoxy) is 2. The van der Waals surface area contributed by atoms with Crippen LogP contribution in [-0.2, 0) is 6.42 Å². The van der Waals surface area contributed by atoms with Gasteiger partial charge in [0.1, 0.15) is 0 Å². The van der Waals surface area contributed by atoms with E-state index in [9.17, 15) is 5.11 Å². The van der Waals surface area contributed by atoms with Crippen molar-refractivity contribution in [3.05, 3.63) is 17.7 Å². The van der Waals surface area contributed by atoms with Crippen molar-refractivity contribution in [3.63, 3.8) is 0 Å². The van der Waals surface area contributed by atoms with Crippen LogP contribution < -0.4 is 15.2 Å². The van der Waals surface area contributed by atoms with Crippen molar-refractivity contribution in [2.75, 3.05) is 39.1 Å². The van der Waals surface area contributed by atoms with Gasteiger partial charge in [0, 0.05) is 19.0 Å². The molecular weight excluding hydrogens is 340 g/mol. The molecule has 5 heteroatoms. The van der Waals surface area contributed by atoms with Gasteiger partial charge in [-0.3, -0.25) is 0 Å². The van der Waals surface area contributed by atoms with Gasteiger partial charge in [0.2, 0.25) is 0 Å². The third-order valence-corrected chi connectivity index (χ3v) is 5.42. The molecule has 1 heterocycles. The minimum Gasteiger partial charge on any atom is -0.493 e. The molecule has 1 aliphatic rings. The second-order valence-electron chi connectivity index (χ2n) is 7.75. The van der Waals surface area contributed by atoms with Gasteiger partial charge in [0.15, 0.2) is 11.5 Å². The van der Waals surface area contributed by atoms with Gasteiger partial charge in [-0.05, 0) is 49.9 Å². The average Bonchev–Trinajstić information content (AvgIpc) is 2.65. The lowest BCUT2D eigenvalue weighted by atomic mass is 9.88. The highest BCUT2D eigenvalue weighted by Gasteiger charge is 2.28. The molecule has 0 bridgehead atoms. The van der Waals surface area contributed by atoms with Crippen LogP contribution in [0.5, 0.6) is 11.5 Å². The zero-order valence-corrected chi connectivity index (χ0v) is 17.4. The fourth-order valence-corrected chi connectivity index (χ4v) is 3.93. The van der Waals surface area contributed by atoms with E-state index in [1.165, 1.54) is 19.3 Å². The highest BCUT2D eigenvalue weighted by molar-refractivity contribution is 5.62. The predicted molar refractivity (Wildman–Crippen MR) is 112 cm³/mol. The van der Waals surface area contributed by atoms with Gasteiger partial charge in [-0.2, -0.15) is 0 Å². The monoisotopic (exact) mass is 378 g/mol. The first-order chi connectivity index (χ1) is 13.1. The van der Waals surface area contributed by atoms with Crippen molar-refractivity contribution in [1.29, 1.82) is 0 Å². The molecule has 0 spiro atoms. The van der Waals surface area contributed by atoms with Crippen LogP contribution in [0.25, 0.3) is 0 Å². The molecule has 1 saturated heterocycles. The number of aliphatic hydroxyl groups is 1. The lowest BCUT2D eigenvalue weighted by molar-refractivity contribution is 0.0270. The van der Waals surface area contributed by atoms with Crippen molar-refractivity contribution >= 4 is 5.69 Å². The number of hydrogen-bond acceptors (Lipinski definition) is 5. The van der Waals surface area contributed by atoms with Gasteiger partial charge >= 0.3 is 0 Å². The first-order valence-electron chi connectivity index (χ1n) is 10.6. The Labute approximate surface area is 164 Å². The van der Waals surface area contributed by atoms with Crippen molar-refractivity contribution in [1.82, 2.24) is 4.90 Å². The molecule has 3 N–H and O–H groups in total. The van der Waals surface area contributed by atoms with Crippen molar-refractivity contribution in [2.24, 2.45) is 5.92 Å². The van der Waals surface area contributed by atoms with E-state index in [4.69, 9.17) is 15.2 Å². The van der Waals surface area contributed by atoms with Crippen LogP contribution in [0.15, 0.2) is 12.1 Å². The number of likely N-dealkylation sites (tertiary alicyclic amines) is 1. The SMILES string of the molecule is CCCCCCOc1c(N)cc(CC2CN(CCC)CCC2O)cc1OC. The summed E-state index contributed by atoms with van der Waals surface area (Å²) in [4.78, 5) is 2.45. The molecule has 1 fully saturated rings. The molecular formula is C22H38N2O3. The van der Waals surface area contributed by atoms with Gasteiger partial charge in [-0.15, -0.1) is 0 Å². The van der Waals surface area contributed by atoms with Crippen molar-refractivity contribution in [2.45, 2.75) is 64.9 Å². The first kappa shape index (κ1) is 21.8. The van der Waals surface area contributed by atoms with Crippen LogP contribution in [0.2, 0.25) is 0 Å². The molecule has 2 atom stereocenters. The maximum atomic E-state index is 10.4. The average molecular weight is 379 g/mol. The highest BCUT2D eigenvalue weighted by Crippen LogP contribution is 2.36. The summed E-state index contributed by atoms with van der Waals surface area (Å²) in [5.41, 5.74) is 8.00. The molecule has 0 aromatic heterocycles. The summed E-state index contributed by atoms with van der Waals surface area (Å²) in [6.07, 6.45) is 7.18. The smallest absolute Gasteiger partial charge is 0.184 e. The largest absolute Gasteiger partial charge is 0.493 e. The predicted octanol–water partition coefficient (Wildman–Crippen LogP) is 3.87. The van der Waals surface area contributed by atoms with Gasteiger partial charge in [0.05, 0.1) is 25.5 Å². The maximum absolute atomic E-state index is 10.4. The molecule has 2 unspecified atom stereocenters. The highest BCUT2D eigenvalue weighted by atomic mass is 16.5. The lowest BCUT2D eigenvalue weighted by Crippen LogP contribution is -2.44. The Morgan fingerprint density at radius 3 is 2.70 bits per heavy atom. The molecule has 1 aromatic rings. The fraction of sp³-hybridized carbons (Fsp3) is 0.727. The summed E-state index contributed by atoms with van der Waals surface area (Å²) in [7, 11) is 1.65. The van der Waals surface area contributed by atoms with E-state index in [0.717, 1.165) is 50.9 Å². The molecule has 154 valence electrons. The van der Waals surface area contributed by atoms with E-state index in [0.29, 0.717) is 23.8 Å². The summed E-state index contributed by atoms with van der Waals surface area (Å²) in [6, 6.07) is 4.00. The van der Waals surface area contributed by atoms with Crippen LogP contribution in [-0.4, -0.2) is 49.5 Å². The number of rotatable bonds is 11. The van der Waals surface area contributed by atoms with Crippen LogP contribution in [0.3, 0.4) is 0 Å². The van der Waals surface area contributed by atoms with E-state index in [1.807, 2.05) is 12.1 Å². The molecule has 27 heavy (non-hydrogen) atoms. The second kappa shape index (κ2) is 11.4. The minimum absolute atomic E-state index is 0.232. The van der Waals surface area contributed by atoms with Gasteiger partial charge in [-0.25, -0.2) is 0 Å². The normalized spacial score (nSPS) is 20.6. The Bertz CT molecular complexity index is 565. The summed E-state index contributed by atoms with van der Waals surface area (Å²) in [6.45, 7) is 8.08. The summed E-state index contributed by atoms with van der Waals surface area (Å²) in [5.74, 6) is 1.57. The minimum atomic E-state index is -0.250. The van der Waals surface area contributed by atoms with Crippen LogP contribution in [0.1, 0.15) is 57.9 Å². The number of piperidine rings is 1. The van der Waals surface area contributed by atoms with E-state index >= 15 is 0 Å². The number of hydrogen-bond donors (Lipinski definition) is 2. The Hall–Kier alpha value is -1.46. The number of anilines is 1. The molecule has 5 nitrogen and oxygen atoms in total. The summed E-state index contributed by atoms with van der Waals surface area (Å²) >= 11 is 0. The van der Waals surface area contributed by atoms with Crippen LogP contribution >= 0.6 is 0 Å². The molecule has 1 aromatic carbocycles. The quantitative estimate of drug-likeness (QED) is 0.452. The second-order valence-corrected chi connectivity index (χ2v) is 7.75. The number of nitrogens with zero attached hydrogens (tertiary/aromatic N) is 1. The number of nitrogen functional groups attached to an aromatic ring is 1. The zero-order chi connectivity index (χ0) is 19.6. The van der Waals surface area contributed by atoms with E-state index in [2.05, 4.69) is 18.7 Å². The number of methoxy groups -OCH3 is 1. The van der Waals surface area contributed by atoms with Crippen molar-refractivity contribution < 1.29 is 14.6 Å². The fourth-order valence-electron chi connectivity index (χ4n) is 3.93. The number of benzene rings is 1. The van der Waals surface area contributed by atoms with Crippen LogP contribution in [0.4, 0.5) is 5.69 Å². The molecule has 0 saturated carbocycles. The Kier molecular flexibility index (Phi) is 9.22. The van der Waals surface area contributed by atoms with E-state index < -0.39 is 0 Å². The number of aliphatic hydroxyl groups excluding tert-OH is 1. The molecule has 0 radical (unpaired) electrons. The standard InChI is InChI=1S/C22H38N2O3/c1-4-6-7-8-12-27-22-19(23)14-17(15-21(22)26-3)13-18-16-24(10-5-2)11-9-20(18)25/h14-15,18,20,25H,4-13,16,23H2,1-3H3. The number of nitrogens with two attached hydrogens (primary N) is 1. The van der Waals surface area contributed by atoms with Gasteiger partial charge in [-0.1, -0.05) is 33.1 Å². The van der Waals surface area contributed by atoms with Gasteiger partial charge in [0.25, 0.3) is 0 Å². The zero-order valence-electron chi connectivity index (χ0n) is 17.4. The molecule has 2 rings (SSSR count). The first-order valence-corrected chi connectivity index (χ1v) is 10.6. The van der Waals surface area contributed by atoms with E-state index in [-0.39, 0.29) is 12.0 Å². The molecule has 1 aliphatic heterocycles. The number of unbranched alkanes of at least 4 members (excludes halogenated alkanes) is 3. The Morgan fingerprint density at radius 1 is 1.19 bits per heavy atom. The topological polar surface area (TPSA) is 68.0 Å². The van der Waals surface area contributed by atoms with E-state index in [1.54, 1.807) is 7.11 Å². The van der Waals surface area contributed by atoms with Crippen LogP contribution in [0, 0.1) is 5.92 Å².